The van der Waals surface area contributed by atoms with Crippen LogP contribution in [0.1, 0.15) is 22.7 Å². The van der Waals surface area contributed by atoms with E-state index in [2.05, 4.69) is 16.2 Å². The molecule has 0 spiro atoms. The zero-order valence-corrected chi connectivity index (χ0v) is 16.1. The number of ether oxygens (including phenoxy) is 1. The van der Waals surface area contributed by atoms with Crippen LogP contribution in [0.25, 0.3) is 0 Å². The number of thioether (sulfide) groups is 1. The quantitative estimate of drug-likeness (QED) is 0.465. The molecule has 2 rings (SSSR count). The van der Waals surface area contributed by atoms with Crippen LogP contribution in [-0.4, -0.2) is 35.9 Å². The van der Waals surface area contributed by atoms with Crippen LogP contribution in [-0.2, 0) is 11.4 Å². The molecule has 0 saturated heterocycles. The smallest absolute Gasteiger partial charge is 0.312 e. The third-order valence-corrected chi connectivity index (χ3v) is 4.20. The number of furan rings is 1. The van der Waals surface area contributed by atoms with E-state index >= 15 is 0 Å². The van der Waals surface area contributed by atoms with Gasteiger partial charge in [0.25, 0.3) is 5.91 Å². The highest BCUT2D eigenvalue weighted by molar-refractivity contribution is 7.98. The number of hydrogen-bond donors (Lipinski definition) is 4. The van der Waals surface area contributed by atoms with E-state index in [0.717, 1.165) is 0 Å². The molecule has 0 saturated carbocycles. The minimum absolute atomic E-state index is 0.00971. The van der Waals surface area contributed by atoms with Gasteiger partial charge in [0, 0.05) is 0 Å². The lowest BCUT2D eigenvalue weighted by atomic mass is 10.2. The first kappa shape index (κ1) is 21.2. The first-order valence-corrected chi connectivity index (χ1v) is 9.80. The summed E-state index contributed by atoms with van der Waals surface area (Å²) in [5.41, 5.74) is 9.57. The van der Waals surface area contributed by atoms with E-state index in [1.807, 2.05) is 24.5 Å². The zero-order valence-electron chi connectivity index (χ0n) is 15.3. The summed E-state index contributed by atoms with van der Waals surface area (Å²) in [7, 11) is 0. The van der Waals surface area contributed by atoms with Crippen LogP contribution in [0.4, 0.5) is 4.79 Å². The molecule has 0 radical (unpaired) electrons. The maximum atomic E-state index is 12.1. The molecule has 9 nitrogen and oxygen atoms in total. The van der Waals surface area contributed by atoms with Crippen molar-refractivity contribution < 1.29 is 23.5 Å². The van der Waals surface area contributed by atoms with Crippen molar-refractivity contribution in [1.29, 1.82) is 0 Å². The molecule has 1 aromatic carbocycles. The number of urea groups is 1. The minimum Gasteiger partial charge on any atom is -0.486 e. The minimum atomic E-state index is -0.850. The van der Waals surface area contributed by atoms with Crippen LogP contribution in [0.5, 0.6) is 5.75 Å². The number of rotatable bonds is 9. The fraction of sp³-hybridized carbons (Fsp3) is 0.278. The predicted octanol–water partition coefficient (Wildman–Crippen LogP) is 1.41. The Balaban J connectivity index is 1.84. The molecule has 0 unspecified atom stereocenters. The lowest BCUT2D eigenvalue weighted by Crippen LogP contribution is -2.53. The van der Waals surface area contributed by atoms with Gasteiger partial charge >= 0.3 is 11.9 Å². The van der Waals surface area contributed by atoms with Gasteiger partial charge in [-0.15, -0.1) is 0 Å². The number of nitrogens with one attached hydrogen (secondary N) is 3. The summed E-state index contributed by atoms with van der Waals surface area (Å²) < 4.78 is 10.9. The average Bonchev–Trinajstić information content (AvgIpc) is 3.17. The van der Waals surface area contributed by atoms with Crippen LogP contribution in [0.3, 0.4) is 0 Å². The van der Waals surface area contributed by atoms with E-state index in [-0.39, 0.29) is 12.4 Å². The predicted molar refractivity (Wildman–Crippen MR) is 105 cm³/mol. The van der Waals surface area contributed by atoms with Gasteiger partial charge in [0.15, 0.2) is 5.76 Å². The fourth-order valence-corrected chi connectivity index (χ4v) is 2.66. The number of para-hydroxylation sites is 1. The monoisotopic (exact) mass is 406 g/mol. The highest BCUT2D eigenvalue weighted by atomic mass is 32.2. The van der Waals surface area contributed by atoms with Crippen molar-refractivity contribution in [3.8, 4) is 5.75 Å². The third kappa shape index (κ3) is 6.88. The molecular formula is C18H22N4O5S. The largest absolute Gasteiger partial charge is 0.486 e. The van der Waals surface area contributed by atoms with Gasteiger partial charge in [0.2, 0.25) is 0 Å². The van der Waals surface area contributed by atoms with Crippen LogP contribution in [0.15, 0.2) is 46.9 Å². The number of carbonyl (C=O) groups is 3. The average molecular weight is 406 g/mol. The van der Waals surface area contributed by atoms with E-state index in [9.17, 15) is 14.4 Å². The molecule has 0 aliphatic heterocycles. The number of amides is 4. The van der Waals surface area contributed by atoms with Crippen LogP contribution in [0, 0.1) is 0 Å². The highest BCUT2D eigenvalue weighted by Crippen LogP contribution is 2.13. The van der Waals surface area contributed by atoms with E-state index in [1.165, 1.54) is 17.8 Å². The fourth-order valence-electron chi connectivity index (χ4n) is 2.19. The lowest BCUT2D eigenvalue weighted by molar-refractivity contribution is -0.123. The molecule has 0 bridgehead atoms. The molecule has 1 heterocycles. The van der Waals surface area contributed by atoms with Gasteiger partial charge in [0.1, 0.15) is 24.2 Å². The normalized spacial score (nSPS) is 11.3. The number of primary amides is 1. The number of hydrogen-bond acceptors (Lipinski definition) is 6. The van der Waals surface area contributed by atoms with Crippen LogP contribution >= 0.6 is 11.8 Å². The molecule has 150 valence electrons. The summed E-state index contributed by atoms with van der Waals surface area (Å²) in [5, 5.41) is 2.34. The Labute approximate surface area is 166 Å². The molecular weight excluding hydrogens is 384 g/mol. The second kappa shape index (κ2) is 10.9. The van der Waals surface area contributed by atoms with E-state index in [1.54, 1.807) is 18.2 Å². The molecule has 0 aliphatic carbocycles. The second-order valence-corrected chi connectivity index (χ2v) is 6.64. The van der Waals surface area contributed by atoms with Crippen molar-refractivity contribution in [3.05, 3.63) is 54.0 Å². The first-order chi connectivity index (χ1) is 13.5. The topological polar surface area (TPSA) is 136 Å². The van der Waals surface area contributed by atoms with Gasteiger partial charge in [-0.1, -0.05) is 18.2 Å². The maximum absolute atomic E-state index is 12.1. The molecule has 28 heavy (non-hydrogen) atoms. The third-order valence-electron chi connectivity index (χ3n) is 3.55. The van der Waals surface area contributed by atoms with Crippen LogP contribution < -0.4 is 26.6 Å². The molecule has 1 aromatic heterocycles. The first-order valence-electron chi connectivity index (χ1n) is 8.41. The van der Waals surface area contributed by atoms with E-state index in [4.69, 9.17) is 14.9 Å². The molecule has 1 atom stereocenters. The van der Waals surface area contributed by atoms with Crippen molar-refractivity contribution in [3.63, 3.8) is 0 Å². The van der Waals surface area contributed by atoms with Crippen molar-refractivity contribution >= 4 is 29.6 Å². The summed E-state index contributed by atoms with van der Waals surface area (Å²) in [4.78, 5) is 35.3. The van der Waals surface area contributed by atoms with Crippen molar-refractivity contribution in [1.82, 2.24) is 16.2 Å². The Morgan fingerprint density at radius 1 is 1.14 bits per heavy atom. The molecule has 5 N–H and O–H groups in total. The van der Waals surface area contributed by atoms with E-state index in [0.29, 0.717) is 23.7 Å². The molecule has 0 fully saturated rings. The summed E-state index contributed by atoms with van der Waals surface area (Å²) in [6.45, 7) is 0.156. The summed E-state index contributed by atoms with van der Waals surface area (Å²) in [6, 6.07) is 10.6. The van der Waals surface area contributed by atoms with Crippen LogP contribution in [0.2, 0.25) is 0 Å². The molecule has 4 amide bonds. The Kier molecular flexibility index (Phi) is 8.22. The summed E-state index contributed by atoms with van der Waals surface area (Å²) in [5.74, 6) is 0.553. The zero-order chi connectivity index (χ0) is 20.4. The standard InChI is InChI=1S/C18H22N4O5S/c1-28-10-9-14(20-18(19)25)16(23)21-22-17(24)15-8-7-13(27-15)11-26-12-5-3-2-4-6-12/h2-8,14H,9-11H2,1H3,(H,21,23)(H,22,24)(H3,19,20,25)/t14-/m0/s1. The Hall–Kier alpha value is -3.14. The number of carbonyl (C=O) groups excluding carboxylic acids is 3. The van der Waals surface area contributed by atoms with Crippen molar-refractivity contribution in [2.45, 2.75) is 19.1 Å². The van der Waals surface area contributed by atoms with Gasteiger partial charge in [-0.25, -0.2) is 4.79 Å². The SMILES string of the molecule is CSCC[C@H](NC(N)=O)C(=O)NNC(=O)c1ccc(COc2ccccc2)o1. The highest BCUT2D eigenvalue weighted by Gasteiger charge is 2.20. The number of nitrogens with two attached hydrogens (primary N) is 1. The van der Waals surface area contributed by atoms with Gasteiger partial charge in [-0.3, -0.25) is 20.4 Å². The van der Waals surface area contributed by atoms with Crippen molar-refractivity contribution in [2.24, 2.45) is 5.73 Å². The van der Waals surface area contributed by atoms with Gasteiger partial charge in [-0.05, 0) is 42.7 Å². The van der Waals surface area contributed by atoms with Crippen molar-refractivity contribution in [2.75, 3.05) is 12.0 Å². The van der Waals surface area contributed by atoms with Gasteiger partial charge in [0.05, 0.1) is 0 Å². The molecule has 2 aromatic rings. The molecule has 10 heteroatoms. The Bertz CT molecular complexity index is 796. The second-order valence-electron chi connectivity index (χ2n) is 5.65. The Morgan fingerprint density at radius 3 is 2.57 bits per heavy atom. The summed E-state index contributed by atoms with van der Waals surface area (Å²) >= 11 is 1.52. The maximum Gasteiger partial charge on any atom is 0.312 e. The number of hydrazine groups is 1. The Morgan fingerprint density at radius 2 is 1.89 bits per heavy atom. The van der Waals surface area contributed by atoms with E-state index < -0.39 is 23.9 Å². The van der Waals surface area contributed by atoms with Gasteiger partial charge < -0.3 is 20.2 Å². The summed E-state index contributed by atoms with van der Waals surface area (Å²) in [6.07, 6.45) is 2.24. The van der Waals surface area contributed by atoms with Gasteiger partial charge in [-0.2, -0.15) is 11.8 Å². The number of benzene rings is 1. The molecule has 0 aliphatic rings. The lowest BCUT2D eigenvalue weighted by Gasteiger charge is -2.16.